The van der Waals surface area contributed by atoms with Crippen LogP contribution in [0.5, 0.6) is 0 Å². The van der Waals surface area contributed by atoms with Crippen LogP contribution in [0.2, 0.25) is 0 Å². The van der Waals surface area contributed by atoms with E-state index in [0.29, 0.717) is 38.5 Å². The second kappa shape index (κ2) is 28.0. The second-order valence-corrected chi connectivity index (χ2v) is 10.3. The fourth-order valence-electron chi connectivity index (χ4n) is 3.88. The number of carbonyl (C=O) groups excluding carboxylic acids is 4. The Morgan fingerprint density at radius 1 is 0.510 bits per heavy atom. The van der Waals surface area contributed by atoms with Crippen molar-refractivity contribution in [3.05, 3.63) is 0 Å². The average Bonchev–Trinajstić information content (AvgIpc) is 3.07. The predicted octanol–water partition coefficient (Wildman–Crippen LogP) is -7.47. The summed E-state index contributed by atoms with van der Waals surface area (Å²) in [6, 6.07) is 0. The van der Waals surface area contributed by atoms with Gasteiger partial charge < -0.3 is 55.4 Å². The number of aliphatic hydroxyl groups is 9. The molecule has 0 aromatic rings. The maximum Gasteiger partial charge on any atom is 0.234 e. The zero-order chi connectivity index (χ0) is 36.1. The Morgan fingerprint density at radius 3 is 1.22 bits per heavy atom. The molecule has 0 aliphatic carbocycles. The van der Waals surface area contributed by atoms with Crippen LogP contribution < -0.4 is 44.7 Å². The minimum absolute atomic E-state index is 0. The van der Waals surface area contributed by atoms with Gasteiger partial charge in [0.2, 0.25) is 23.6 Å². The number of hydrogen-bond acceptors (Lipinski definition) is 19. The smallest absolute Gasteiger partial charge is 0.234 e. The van der Waals surface area contributed by atoms with Crippen LogP contribution in [0.1, 0.15) is 66.2 Å². The zero-order valence-electron chi connectivity index (χ0n) is 25.6. The molecule has 0 bridgehead atoms. The molecule has 23 heteroatoms. The molecule has 2 aliphatic heterocycles. The van der Waals surface area contributed by atoms with Gasteiger partial charge in [-0.05, 0) is 25.7 Å². The van der Waals surface area contributed by atoms with Gasteiger partial charge in [-0.2, -0.15) is 0 Å². The lowest BCUT2D eigenvalue weighted by molar-refractivity contribution is -0.286. The summed E-state index contributed by atoms with van der Waals surface area (Å²) in [5, 5.41) is 82.6. The SMILES string of the molecule is C.C.NNC(=O)CCCCC(=O)NN.NNC(=O)CCCCC(=O)NNC1OC(CO)C(O)C(O)C1O.OCC1OC(O)C(O)C(O)C1O. The van der Waals surface area contributed by atoms with Crippen molar-refractivity contribution in [3.8, 4) is 0 Å². The molecule has 2 heterocycles. The first-order valence-electron chi connectivity index (χ1n) is 14.5. The standard InChI is InChI=1S/C12H24N4O7.C6H14N4O2.C6H12O6.2CH4/c13-14-7(18)3-1-2-4-8(19)15-16-12-11(22)10(21)9(20)6(5-17)23-12;7-9-5(11)3-1-2-4-6(12)10-8;7-1-2-3(8)4(9)5(10)6(11)12-2;;/h6,9-12,16-17,20-22H,1-5,13H2,(H,14,18)(H,15,19);1-4,7-8H2,(H,9,11)(H,10,12);2-11H,1H2;2*1H4. The molecule has 23 nitrogen and oxygen atoms in total. The Bertz CT molecular complexity index is 903. The maximum atomic E-state index is 11.6. The third kappa shape index (κ3) is 19.3. The van der Waals surface area contributed by atoms with E-state index < -0.39 is 80.5 Å². The van der Waals surface area contributed by atoms with Gasteiger partial charge in [0.15, 0.2) is 12.5 Å². The summed E-state index contributed by atoms with van der Waals surface area (Å²) >= 11 is 0. The second-order valence-electron chi connectivity index (χ2n) is 10.3. The summed E-state index contributed by atoms with van der Waals surface area (Å²) in [5.74, 6) is 13.4. The van der Waals surface area contributed by atoms with E-state index in [1.54, 1.807) is 0 Å². The number of aliphatic hydroxyl groups excluding tert-OH is 9. The molecule has 292 valence electrons. The van der Waals surface area contributed by atoms with E-state index in [4.69, 9.17) is 52.9 Å². The van der Waals surface area contributed by atoms with Crippen molar-refractivity contribution in [1.82, 2.24) is 27.1 Å². The van der Waals surface area contributed by atoms with Crippen LogP contribution >= 0.6 is 0 Å². The molecule has 20 N–H and O–H groups in total. The molecule has 2 fully saturated rings. The van der Waals surface area contributed by atoms with Gasteiger partial charge in [0, 0.05) is 25.7 Å². The Morgan fingerprint density at radius 2 is 0.857 bits per heavy atom. The first-order chi connectivity index (χ1) is 22.2. The predicted molar refractivity (Wildman–Crippen MR) is 168 cm³/mol. The van der Waals surface area contributed by atoms with Crippen LogP contribution in [-0.2, 0) is 28.7 Å². The molecule has 2 rings (SSSR count). The van der Waals surface area contributed by atoms with Gasteiger partial charge in [-0.1, -0.05) is 14.9 Å². The highest BCUT2D eigenvalue weighted by atomic mass is 16.6. The maximum absolute atomic E-state index is 11.6. The highest BCUT2D eigenvalue weighted by Crippen LogP contribution is 2.20. The Labute approximate surface area is 284 Å². The minimum Gasteiger partial charge on any atom is -0.394 e. The summed E-state index contributed by atoms with van der Waals surface area (Å²) in [5.41, 5.74) is 10.7. The number of carbonyl (C=O) groups is 4. The molecular formula is C26H58N8O15. The molecule has 0 radical (unpaired) electrons. The van der Waals surface area contributed by atoms with Crippen molar-refractivity contribution in [2.24, 2.45) is 17.5 Å². The average molecular weight is 723 g/mol. The lowest BCUT2D eigenvalue weighted by Gasteiger charge is -2.40. The normalized spacial score (nSPS) is 28.7. The molecular weight excluding hydrogens is 664 g/mol. The quantitative estimate of drug-likeness (QED) is 0.0342. The molecule has 10 atom stereocenters. The third-order valence-electron chi connectivity index (χ3n) is 6.71. The number of rotatable bonds is 14. The van der Waals surface area contributed by atoms with E-state index in [9.17, 15) is 34.5 Å². The summed E-state index contributed by atoms with van der Waals surface area (Å²) in [4.78, 5) is 43.6. The topological polar surface area (TPSA) is 407 Å². The Hall–Kier alpha value is -2.72. The molecule has 2 aliphatic rings. The zero-order valence-corrected chi connectivity index (χ0v) is 25.6. The van der Waals surface area contributed by atoms with Gasteiger partial charge in [0.1, 0.15) is 48.8 Å². The van der Waals surface area contributed by atoms with E-state index in [2.05, 4.69) is 15.6 Å². The fraction of sp³-hybridized carbons (Fsp3) is 0.846. The van der Waals surface area contributed by atoms with Crippen molar-refractivity contribution in [1.29, 1.82) is 0 Å². The van der Waals surface area contributed by atoms with Gasteiger partial charge in [0.05, 0.1) is 13.2 Å². The van der Waals surface area contributed by atoms with Gasteiger partial charge in [-0.3, -0.25) is 40.9 Å². The number of amides is 4. The molecule has 0 aromatic carbocycles. The molecule has 2 saturated heterocycles. The van der Waals surface area contributed by atoms with Crippen molar-refractivity contribution in [2.45, 2.75) is 128 Å². The molecule has 4 amide bonds. The number of hydrazine groups is 4. The highest BCUT2D eigenvalue weighted by Gasteiger charge is 2.44. The molecule has 0 spiro atoms. The van der Waals surface area contributed by atoms with Crippen molar-refractivity contribution in [3.63, 3.8) is 0 Å². The van der Waals surface area contributed by atoms with Crippen LogP contribution in [0.4, 0.5) is 0 Å². The van der Waals surface area contributed by atoms with Crippen LogP contribution in [0.25, 0.3) is 0 Å². The Kier molecular flexibility index (Phi) is 29.0. The lowest BCUT2D eigenvalue weighted by Crippen LogP contribution is -2.64. The molecule has 49 heavy (non-hydrogen) atoms. The van der Waals surface area contributed by atoms with E-state index >= 15 is 0 Å². The number of unbranched alkanes of at least 4 members (excludes halogenated alkanes) is 2. The third-order valence-corrected chi connectivity index (χ3v) is 6.71. The summed E-state index contributed by atoms with van der Waals surface area (Å²) < 4.78 is 9.73. The highest BCUT2D eigenvalue weighted by molar-refractivity contribution is 5.77. The summed E-state index contributed by atoms with van der Waals surface area (Å²) in [7, 11) is 0. The monoisotopic (exact) mass is 722 g/mol. The van der Waals surface area contributed by atoms with E-state index in [-0.39, 0.29) is 45.4 Å². The molecule has 0 aromatic heterocycles. The Balaban J connectivity index is -0.000000693. The van der Waals surface area contributed by atoms with Crippen molar-refractivity contribution < 1.29 is 74.6 Å². The van der Waals surface area contributed by atoms with Crippen molar-refractivity contribution >= 4 is 23.6 Å². The first-order valence-corrected chi connectivity index (χ1v) is 14.5. The molecule has 10 unspecified atom stereocenters. The van der Waals surface area contributed by atoms with Crippen LogP contribution in [0.15, 0.2) is 0 Å². The van der Waals surface area contributed by atoms with Gasteiger partial charge >= 0.3 is 0 Å². The molecule has 0 saturated carbocycles. The number of nitrogens with two attached hydrogens (primary N) is 3. The van der Waals surface area contributed by atoms with Crippen LogP contribution in [0.3, 0.4) is 0 Å². The van der Waals surface area contributed by atoms with Gasteiger partial charge in [-0.15, -0.1) is 0 Å². The van der Waals surface area contributed by atoms with Crippen LogP contribution in [0, 0.1) is 0 Å². The lowest BCUT2D eigenvalue weighted by atomic mass is 9.99. The van der Waals surface area contributed by atoms with Crippen molar-refractivity contribution in [2.75, 3.05) is 13.2 Å². The van der Waals surface area contributed by atoms with E-state index in [1.807, 2.05) is 16.3 Å². The van der Waals surface area contributed by atoms with Gasteiger partial charge in [0.25, 0.3) is 0 Å². The number of nitrogens with one attached hydrogen (secondary N) is 5. The fourth-order valence-corrected chi connectivity index (χ4v) is 3.88. The van der Waals surface area contributed by atoms with E-state index in [0.717, 1.165) is 0 Å². The van der Waals surface area contributed by atoms with Crippen LogP contribution in [-0.4, -0.2) is 144 Å². The largest absolute Gasteiger partial charge is 0.394 e. The van der Waals surface area contributed by atoms with Gasteiger partial charge in [-0.25, -0.2) is 23.0 Å². The summed E-state index contributed by atoms with van der Waals surface area (Å²) in [6.07, 6.45) is -10.5. The minimum atomic E-state index is -1.57. The number of hydrogen-bond donors (Lipinski definition) is 17. The van der Waals surface area contributed by atoms with E-state index in [1.165, 1.54) is 0 Å². The summed E-state index contributed by atoms with van der Waals surface area (Å²) in [6.45, 7) is -1.08. The number of ether oxygens (including phenoxy) is 2. The first kappa shape index (κ1) is 50.7.